The third-order valence-corrected chi connectivity index (χ3v) is 8.86. The van der Waals surface area contributed by atoms with Crippen molar-refractivity contribution in [1.29, 1.82) is 0 Å². The number of nitrogens with zero attached hydrogens (tertiary/aromatic N) is 1. The van der Waals surface area contributed by atoms with Crippen molar-refractivity contribution in [1.82, 2.24) is 4.90 Å². The Balaban J connectivity index is 1.03. The highest BCUT2D eigenvalue weighted by Gasteiger charge is 2.19. The molecule has 7 nitrogen and oxygen atoms in total. The van der Waals surface area contributed by atoms with Crippen LogP contribution in [0.25, 0.3) is 20.2 Å². The average molecular weight is 581 g/mol. The molecule has 1 aromatic heterocycles. The van der Waals surface area contributed by atoms with Crippen LogP contribution in [0, 0.1) is 0 Å². The standard InChI is InChI=1S/C34H32N2O5S/c1-39-29-19-22-15-17-36(21-23(22)20-30(29)40-2)16-6-18-41-25-13-11-24(12-14-25)35-34(38)28-9-5-8-27-32(37)26-7-3-4-10-31(26)42-33(27)28/h3-5,7-14,19-20H,6,15-18,21H2,1-2H3,(H,35,38). The fourth-order valence-corrected chi connectivity index (χ4v) is 6.63. The van der Waals surface area contributed by atoms with Gasteiger partial charge < -0.3 is 19.5 Å². The molecule has 1 N–H and O–H groups in total. The van der Waals surface area contributed by atoms with Gasteiger partial charge in [-0.3, -0.25) is 14.5 Å². The van der Waals surface area contributed by atoms with E-state index in [1.165, 1.54) is 22.5 Å². The van der Waals surface area contributed by atoms with Gasteiger partial charge in [-0.2, -0.15) is 0 Å². The van der Waals surface area contributed by atoms with Crippen molar-refractivity contribution in [2.24, 2.45) is 0 Å². The Morgan fingerprint density at radius 3 is 2.43 bits per heavy atom. The number of ether oxygens (including phenoxy) is 3. The smallest absolute Gasteiger partial charge is 0.257 e. The molecule has 0 unspecified atom stereocenters. The zero-order valence-electron chi connectivity index (χ0n) is 23.6. The van der Waals surface area contributed by atoms with Crippen molar-refractivity contribution in [2.75, 3.05) is 39.2 Å². The maximum Gasteiger partial charge on any atom is 0.257 e. The van der Waals surface area contributed by atoms with Crippen LogP contribution in [-0.2, 0) is 13.0 Å². The number of rotatable bonds is 9. The molecule has 4 aromatic carbocycles. The van der Waals surface area contributed by atoms with E-state index in [-0.39, 0.29) is 11.3 Å². The van der Waals surface area contributed by atoms with Crippen LogP contribution in [-0.4, -0.2) is 44.7 Å². The second-order valence-electron chi connectivity index (χ2n) is 10.3. The summed E-state index contributed by atoms with van der Waals surface area (Å²) in [5, 5.41) is 4.20. The van der Waals surface area contributed by atoms with E-state index in [4.69, 9.17) is 14.2 Å². The van der Waals surface area contributed by atoms with Crippen molar-refractivity contribution in [3.63, 3.8) is 0 Å². The maximum atomic E-state index is 13.2. The van der Waals surface area contributed by atoms with Crippen molar-refractivity contribution >= 4 is 43.1 Å². The summed E-state index contributed by atoms with van der Waals surface area (Å²) in [4.78, 5) is 28.6. The Bertz CT molecular complexity index is 1820. The molecule has 2 heterocycles. The first-order valence-electron chi connectivity index (χ1n) is 14.0. The first-order chi connectivity index (χ1) is 20.5. The Labute approximate surface area is 248 Å². The maximum absolute atomic E-state index is 13.2. The van der Waals surface area contributed by atoms with Gasteiger partial charge in [0.2, 0.25) is 0 Å². The van der Waals surface area contributed by atoms with E-state index in [9.17, 15) is 9.59 Å². The summed E-state index contributed by atoms with van der Waals surface area (Å²) in [5.41, 5.74) is 3.69. The summed E-state index contributed by atoms with van der Waals surface area (Å²) in [6.45, 7) is 3.42. The van der Waals surface area contributed by atoms with Crippen LogP contribution in [0.4, 0.5) is 5.69 Å². The van der Waals surface area contributed by atoms with Gasteiger partial charge in [0.15, 0.2) is 16.9 Å². The van der Waals surface area contributed by atoms with Gasteiger partial charge in [0, 0.05) is 40.8 Å². The van der Waals surface area contributed by atoms with Crippen molar-refractivity contribution in [3.8, 4) is 17.2 Å². The summed E-state index contributed by atoms with van der Waals surface area (Å²) < 4.78 is 18.5. The van der Waals surface area contributed by atoms with Crippen molar-refractivity contribution in [2.45, 2.75) is 19.4 Å². The number of carbonyl (C=O) groups is 1. The molecule has 1 aliphatic heterocycles. The summed E-state index contributed by atoms with van der Waals surface area (Å²) in [6.07, 6.45) is 1.89. The second-order valence-corrected chi connectivity index (χ2v) is 11.3. The highest BCUT2D eigenvalue weighted by molar-refractivity contribution is 7.24. The van der Waals surface area contributed by atoms with E-state index in [0.717, 1.165) is 54.4 Å². The first kappa shape index (κ1) is 27.8. The molecular formula is C34H32N2O5S. The van der Waals surface area contributed by atoms with Crippen LogP contribution in [0.1, 0.15) is 27.9 Å². The second kappa shape index (κ2) is 12.2. The molecule has 5 aromatic rings. The van der Waals surface area contributed by atoms with Gasteiger partial charge in [-0.1, -0.05) is 18.2 Å². The molecule has 0 saturated carbocycles. The fourth-order valence-electron chi connectivity index (χ4n) is 5.45. The zero-order valence-corrected chi connectivity index (χ0v) is 24.5. The Morgan fingerprint density at radius 1 is 0.905 bits per heavy atom. The molecule has 0 aliphatic carbocycles. The quantitative estimate of drug-likeness (QED) is 0.158. The number of hydrogen-bond acceptors (Lipinski definition) is 7. The lowest BCUT2D eigenvalue weighted by Crippen LogP contribution is -2.32. The number of amides is 1. The molecule has 0 atom stereocenters. The van der Waals surface area contributed by atoms with E-state index in [0.29, 0.717) is 33.3 Å². The van der Waals surface area contributed by atoms with Crippen LogP contribution in [0.3, 0.4) is 0 Å². The van der Waals surface area contributed by atoms with Gasteiger partial charge in [-0.15, -0.1) is 11.3 Å². The van der Waals surface area contributed by atoms with E-state index in [2.05, 4.69) is 22.3 Å². The molecule has 1 amide bonds. The van der Waals surface area contributed by atoms with Crippen LogP contribution in [0.5, 0.6) is 17.2 Å². The van der Waals surface area contributed by atoms with E-state index in [1.54, 1.807) is 32.4 Å². The molecule has 0 radical (unpaired) electrons. The largest absolute Gasteiger partial charge is 0.494 e. The molecule has 0 bridgehead atoms. The van der Waals surface area contributed by atoms with Gasteiger partial charge >= 0.3 is 0 Å². The number of benzene rings is 4. The van der Waals surface area contributed by atoms with E-state index >= 15 is 0 Å². The molecule has 0 spiro atoms. The lowest BCUT2D eigenvalue weighted by atomic mass is 9.98. The Hall–Kier alpha value is -4.40. The predicted octanol–water partition coefficient (Wildman–Crippen LogP) is 6.51. The van der Waals surface area contributed by atoms with Gasteiger partial charge in [0.1, 0.15) is 5.75 Å². The molecule has 42 heavy (non-hydrogen) atoms. The Kier molecular flexibility index (Phi) is 8.08. The molecule has 214 valence electrons. The van der Waals surface area contributed by atoms with Gasteiger partial charge in [0.05, 0.1) is 31.1 Å². The third-order valence-electron chi connectivity index (χ3n) is 7.64. The Morgan fingerprint density at radius 2 is 1.64 bits per heavy atom. The number of fused-ring (bicyclic) bond motifs is 3. The van der Waals surface area contributed by atoms with Gasteiger partial charge in [-0.05, 0) is 84.6 Å². The molecular weight excluding hydrogens is 548 g/mol. The van der Waals surface area contributed by atoms with Crippen molar-refractivity contribution in [3.05, 3.63) is 106 Å². The number of nitrogens with one attached hydrogen (secondary N) is 1. The van der Waals surface area contributed by atoms with E-state index < -0.39 is 0 Å². The van der Waals surface area contributed by atoms with Crippen LogP contribution in [0.2, 0.25) is 0 Å². The van der Waals surface area contributed by atoms with Gasteiger partial charge in [0.25, 0.3) is 5.91 Å². The minimum absolute atomic E-state index is 0.0542. The topological polar surface area (TPSA) is 77.1 Å². The number of methoxy groups -OCH3 is 2. The monoisotopic (exact) mass is 580 g/mol. The predicted molar refractivity (Wildman–Crippen MR) is 169 cm³/mol. The molecule has 0 fully saturated rings. The minimum Gasteiger partial charge on any atom is -0.494 e. The molecule has 8 heteroatoms. The lowest BCUT2D eigenvalue weighted by molar-refractivity contribution is 0.102. The van der Waals surface area contributed by atoms with Crippen LogP contribution < -0.4 is 25.0 Å². The third kappa shape index (κ3) is 5.68. The summed E-state index contributed by atoms with van der Waals surface area (Å²) in [6, 6.07) is 24.4. The number of hydrogen-bond donors (Lipinski definition) is 1. The minimum atomic E-state index is -0.251. The number of anilines is 1. The molecule has 1 aliphatic rings. The average Bonchev–Trinajstić information content (AvgIpc) is 3.03. The highest BCUT2D eigenvalue weighted by Crippen LogP contribution is 2.33. The van der Waals surface area contributed by atoms with Crippen LogP contribution in [0.15, 0.2) is 83.7 Å². The van der Waals surface area contributed by atoms with Crippen LogP contribution >= 0.6 is 11.3 Å². The van der Waals surface area contributed by atoms with Gasteiger partial charge in [-0.25, -0.2) is 0 Å². The summed E-state index contributed by atoms with van der Waals surface area (Å²) >= 11 is 1.46. The summed E-state index contributed by atoms with van der Waals surface area (Å²) in [5.74, 6) is 2.05. The number of carbonyl (C=O) groups excluding carboxylic acids is 1. The zero-order chi connectivity index (χ0) is 29.1. The summed E-state index contributed by atoms with van der Waals surface area (Å²) in [7, 11) is 3.34. The SMILES string of the molecule is COc1cc2c(cc1OC)CN(CCCOc1ccc(NC(=O)c3cccc4c(=O)c5ccccc5sc34)cc1)CC2. The lowest BCUT2D eigenvalue weighted by Gasteiger charge is -2.29. The fraction of sp³-hybridized carbons (Fsp3) is 0.235. The molecule has 0 saturated heterocycles. The molecule has 6 rings (SSSR count). The normalized spacial score (nSPS) is 13.1. The highest BCUT2D eigenvalue weighted by atomic mass is 32.1. The first-order valence-corrected chi connectivity index (χ1v) is 14.8. The van der Waals surface area contributed by atoms with E-state index in [1.807, 2.05) is 48.5 Å². The van der Waals surface area contributed by atoms with Crippen molar-refractivity contribution < 1.29 is 19.0 Å².